The van der Waals surface area contributed by atoms with Crippen LogP contribution in [0.25, 0.3) is 20.4 Å². The standard InChI is InChI=1S/C21H21N3O2S3/c1-3-4-5-12-26-14-8-6-13(7-9-14)19(25)24-20-22-15-10-11-16-18(17(15)28-20)29-21(23-16)27-2/h6-11H,3-5,12H2,1-2H3,(H,22,24,25). The van der Waals surface area contributed by atoms with Crippen LogP contribution in [0, 0.1) is 0 Å². The first kappa shape index (κ1) is 20.1. The Balaban J connectivity index is 1.47. The third-order valence-electron chi connectivity index (χ3n) is 4.42. The van der Waals surface area contributed by atoms with Crippen LogP contribution in [0.2, 0.25) is 0 Å². The largest absolute Gasteiger partial charge is 0.494 e. The van der Waals surface area contributed by atoms with E-state index < -0.39 is 0 Å². The number of carbonyl (C=O) groups is 1. The molecule has 4 aromatic rings. The van der Waals surface area contributed by atoms with Crippen LogP contribution in [0.5, 0.6) is 5.75 Å². The van der Waals surface area contributed by atoms with Gasteiger partial charge in [-0.3, -0.25) is 10.1 Å². The molecule has 0 atom stereocenters. The van der Waals surface area contributed by atoms with Crippen molar-refractivity contribution >= 4 is 65.9 Å². The summed E-state index contributed by atoms with van der Waals surface area (Å²) in [5.74, 6) is 0.613. The summed E-state index contributed by atoms with van der Waals surface area (Å²) in [4.78, 5) is 21.8. The monoisotopic (exact) mass is 443 g/mol. The van der Waals surface area contributed by atoms with Crippen molar-refractivity contribution in [3.63, 3.8) is 0 Å². The minimum Gasteiger partial charge on any atom is -0.494 e. The fourth-order valence-electron chi connectivity index (χ4n) is 2.91. The molecule has 1 amide bonds. The van der Waals surface area contributed by atoms with Crippen molar-refractivity contribution in [2.24, 2.45) is 0 Å². The van der Waals surface area contributed by atoms with Gasteiger partial charge in [-0.25, -0.2) is 9.97 Å². The predicted octanol–water partition coefficient (Wildman–Crippen LogP) is 6.45. The topological polar surface area (TPSA) is 64.1 Å². The molecular weight excluding hydrogens is 422 g/mol. The maximum atomic E-state index is 12.6. The number of unbranched alkanes of at least 4 members (excludes halogenated alkanes) is 2. The number of anilines is 1. The lowest BCUT2D eigenvalue weighted by Gasteiger charge is -2.06. The molecule has 0 fully saturated rings. The molecule has 0 aliphatic heterocycles. The SMILES string of the molecule is CCCCCOc1ccc(C(=O)Nc2nc3ccc4nc(SC)sc4c3s2)cc1. The maximum Gasteiger partial charge on any atom is 0.257 e. The molecule has 8 heteroatoms. The van der Waals surface area contributed by atoms with Gasteiger partial charge in [0.05, 0.1) is 27.0 Å². The summed E-state index contributed by atoms with van der Waals surface area (Å²) in [5, 5.41) is 3.51. The molecule has 29 heavy (non-hydrogen) atoms. The van der Waals surface area contributed by atoms with Crippen molar-refractivity contribution in [3.05, 3.63) is 42.0 Å². The fourth-order valence-corrected chi connectivity index (χ4v) is 5.56. The van der Waals surface area contributed by atoms with Gasteiger partial charge >= 0.3 is 0 Å². The molecule has 0 spiro atoms. The van der Waals surface area contributed by atoms with E-state index >= 15 is 0 Å². The smallest absolute Gasteiger partial charge is 0.257 e. The van der Waals surface area contributed by atoms with E-state index in [-0.39, 0.29) is 5.91 Å². The molecule has 0 saturated heterocycles. The highest BCUT2D eigenvalue weighted by molar-refractivity contribution is 8.00. The van der Waals surface area contributed by atoms with E-state index in [2.05, 4.69) is 22.2 Å². The van der Waals surface area contributed by atoms with E-state index in [0.29, 0.717) is 17.3 Å². The zero-order chi connectivity index (χ0) is 20.2. The predicted molar refractivity (Wildman–Crippen MR) is 124 cm³/mol. The molecular formula is C21H21N3O2S3. The van der Waals surface area contributed by atoms with Crippen molar-refractivity contribution in [2.45, 2.75) is 30.5 Å². The molecule has 0 radical (unpaired) electrons. The van der Waals surface area contributed by atoms with Crippen LogP contribution in [0.15, 0.2) is 40.7 Å². The number of nitrogens with one attached hydrogen (secondary N) is 1. The number of rotatable bonds is 8. The molecule has 4 rings (SSSR count). The van der Waals surface area contributed by atoms with Crippen molar-refractivity contribution in [2.75, 3.05) is 18.2 Å². The number of ether oxygens (including phenoxy) is 1. The summed E-state index contributed by atoms with van der Waals surface area (Å²) in [6.07, 6.45) is 5.40. The van der Waals surface area contributed by atoms with E-state index in [1.165, 1.54) is 17.8 Å². The van der Waals surface area contributed by atoms with Crippen LogP contribution < -0.4 is 10.1 Å². The molecule has 0 aliphatic carbocycles. The zero-order valence-corrected chi connectivity index (χ0v) is 18.7. The van der Waals surface area contributed by atoms with Crippen LogP contribution in [0.4, 0.5) is 5.13 Å². The minimum absolute atomic E-state index is 0.174. The molecule has 2 aromatic carbocycles. The number of thiazole rings is 2. The summed E-state index contributed by atoms with van der Waals surface area (Å²) in [6.45, 7) is 2.87. The van der Waals surface area contributed by atoms with Gasteiger partial charge in [-0.1, -0.05) is 42.9 Å². The van der Waals surface area contributed by atoms with Gasteiger partial charge in [0.1, 0.15) is 5.75 Å². The van der Waals surface area contributed by atoms with E-state index in [1.807, 2.05) is 30.5 Å². The van der Waals surface area contributed by atoms with Crippen LogP contribution in [0.3, 0.4) is 0 Å². The molecule has 1 N–H and O–H groups in total. The van der Waals surface area contributed by atoms with E-state index in [9.17, 15) is 4.79 Å². The van der Waals surface area contributed by atoms with Crippen molar-refractivity contribution in [1.29, 1.82) is 0 Å². The Morgan fingerprint density at radius 3 is 2.48 bits per heavy atom. The molecule has 5 nitrogen and oxygen atoms in total. The number of nitrogens with zero attached hydrogens (tertiary/aromatic N) is 2. The highest BCUT2D eigenvalue weighted by Gasteiger charge is 2.14. The van der Waals surface area contributed by atoms with Crippen LogP contribution in [0.1, 0.15) is 36.5 Å². The van der Waals surface area contributed by atoms with Crippen molar-refractivity contribution in [3.8, 4) is 5.75 Å². The first-order chi connectivity index (χ1) is 14.2. The number of hydrogen-bond acceptors (Lipinski definition) is 7. The molecule has 0 saturated carbocycles. The highest BCUT2D eigenvalue weighted by atomic mass is 32.2. The minimum atomic E-state index is -0.174. The third-order valence-corrected chi connectivity index (χ3v) is 7.63. The fraction of sp³-hybridized carbons (Fsp3) is 0.286. The zero-order valence-electron chi connectivity index (χ0n) is 16.2. The van der Waals surface area contributed by atoms with E-state index in [4.69, 9.17) is 4.74 Å². The van der Waals surface area contributed by atoms with Crippen molar-refractivity contribution in [1.82, 2.24) is 9.97 Å². The number of thioether (sulfide) groups is 1. The van der Waals surface area contributed by atoms with E-state index in [1.54, 1.807) is 35.2 Å². The second-order valence-electron chi connectivity index (χ2n) is 6.50. The van der Waals surface area contributed by atoms with Gasteiger partial charge in [-0.05, 0) is 49.1 Å². The molecule has 0 bridgehead atoms. The molecule has 2 heterocycles. The summed E-state index contributed by atoms with van der Waals surface area (Å²) in [6, 6.07) is 11.2. The molecule has 2 aromatic heterocycles. The van der Waals surface area contributed by atoms with Crippen LogP contribution in [-0.4, -0.2) is 28.7 Å². The summed E-state index contributed by atoms with van der Waals surface area (Å²) >= 11 is 4.79. The average molecular weight is 444 g/mol. The van der Waals surface area contributed by atoms with Crippen molar-refractivity contribution < 1.29 is 9.53 Å². The first-order valence-corrected chi connectivity index (χ1v) is 12.3. The number of carbonyl (C=O) groups excluding carboxylic acids is 1. The molecule has 0 aliphatic rings. The first-order valence-electron chi connectivity index (χ1n) is 9.46. The lowest BCUT2D eigenvalue weighted by molar-refractivity contribution is 0.102. The van der Waals surface area contributed by atoms with Gasteiger partial charge < -0.3 is 4.74 Å². The number of amides is 1. The summed E-state index contributed by atoms with van der Waals surface area (Å²) < 4.78 is 8.92. The summed E-state index contributed by atoms with van der Waals surface area (Å²) in [7, 11) is 0. The number of aromatic nitrogens is 2. The van der Waals surface area contributed by atoms with E-state index in [0.717, 1.165) is 43.4 Å². The second-order valence-corrected chi connectivity index (χ2v) is 9.55. The normalized spacial score (nSPS) is 11.2. The Morgan fingerprint density at radius 2 is 1.76 bits per heavy atom. The summed E-state index contributed by atoms with van der Waals surface area (Å²) in [5.41, 5.74) is 2.44. The number of fused-ring (bicyclic) bond motifs is 3. The lowest BCUT2D eigenvalue weighted by Crippen LogP contribution is -2.11. The van der Waals surface area contributed by atoms with Gasteiger partial charge in [0.2, 0.25) is 0 Å². The van der Waals surface area contributed by atoms with Gasteiger partial charge in [0, 0.05) is 5.56 Å². The van der Waals surface area contributed by atoms with Gasteiger partial charge in [-0.15, -0.1) is 11.3 Å². The van der Waals surface area contributed by atoms with Gasteiger partial charge in [0.15, 0.2) is 9.47 Å². The lowest BCUT2D eigenvalue weighted by atomic mass is 10.2. The van der Waals surface area contributed by atoms with Crippen LogP contribution in [-0.2, 0) is 0 Å². The Bertz CT molecular complexity index is 1140. The Morgan fingerprint density at radius 1 is 1.03 bits per heavy atom. The Kier molecular flexibility index (Phi) is 6.32. The third kappa shape index (κ3) is 4.55. The maximum absolute atomic E-state index is 12.6. The van der Waals surface area contributed by atoms with Gasteiger partial charge in [-0.2, -0.15) is 0 Å². The highest BCUT2D eigenvalue weighted by Crippen LogP contribution is 2.38. The second kappa shape index (κ2) is 9.11. The Labute approximate surface area is 181 Å². The van der Waals surface area contributed by atoms with Gasteiger partial charge in [0.25, 0.3) is 5.91 Å². The Hall–Kier alpha value is -2.16. The molecule has 0 unspecified atom stereocenters. The molecule has 150 valence electrons. The number of hydrogen-bond donors (Lipinski definition) is 1. The number of benzene rings is 2. The van der Waals surface area contributed by atoms with Crippen LogP contribution >= 0.6 is 34.4 Å². The average Bonchev–Trinajstić information content (AvgIpc) is 3.34. The quantitative estimate of drug-likeness (QED) is 0.250.